The predicted octanol–water partition coefficient (Wildman–Crippen LogP) is 0.869. The minimum atomic E-state index is 0.667. The third kappa shape index (κ3) is 1.85. The van der Waals surface area contributed by atoms with Crippen molar-refractivity contribution in [1.29, 1.82) is 0 Å². The van der Waals surface area contributed by atoms with Gasteiger partial charge in [0.2, 0.25) is 0 Å². The molecule has 0 spiro atoms. The molecule has 0 aliphatic heterocycles. The molecule has 1 rings (SSSR count). The number of ether oxygens (including phenoxy) is 1. The zero-order chi connectivity index (χ0) is 8.97. The molecule has 0 aliphatic carbocycles. The van der Waals surface area contributed by atoms with Gasteiger partial charge in [-0.3, -0.25) is 0 Å². The van der Waals surface area contributed by atoms with Gasteiger partial charge in [0.05, 0.1) is 7.05 Å². The van der Waals surface area contributed by atoms with Gasteiger partial charge in [0.15, 0.2) is 6.73 Å². The van der Waals surface area contributed by atoms with E-state index < -0.39 is 0 Å². The average molecular weight is 169 g/mol. The van der Waals surface area contributed by atoms with Crippen LogP contribution in [0.2, 0.25) is 0 Å². The maximum absolute atomic E-state index is 5.32. The van der Waals surface area contributed by atoms with Crippen LogP contribution in [0.25, 0.3) is 0 Å². The van der Waals surface area contributed by atoms with Crippen molar-refractivity contribution in [2.75, 3.05) is 6.61 Å². The molecule has 0 unspecified atom stereocenters. The third-order valence-corrected chi connectivity index (χ3v) is 1.96. The first-order chi connectivity index (χ1) is 5.79. The number of rotatable bonds is 4. The van der Waals surface area contributed by atoms with Crippen molar-refractivity contribution in [2.24, 2.45) is 7.05 Å². The van der Waals surface area contributed by atoms with Crippen molar-refractivity contribution < 1.29 is 9.30 Å². The number of aryl methyl sites for hydroxylation is 1. The Morgan fingerprint density at radius 1 is 1.50 bits per heavy atom. The van der Waals surface area contributed by atoms with Crippen LogP contribution >= 0.6 is 0 Å². The van der Waals surface area contributed by atoms with E-state index in [1.165, 1.54) is 5.82 Å². The minimum Gasteiger partial charge on any atom is -0.342 e. The van der Waals surface area contributed by atoms with E-state index in [-0.39, 0.29) is 0 Å². The molecule has 0 radical (unpaired) electrons. The van der Waals surface area contributed by atoms with Gasteiger partial charge in [-0.2, -0.15) is 0 Å². The summed E-state index contributed by atoms with van der Waals surface area (Å²) in [4.78, 5) is 0. The largest absolute Gasteiger partial charge is 0.342 e. The van der Waals surface area contributed by atoms with E-state index in [0.29, 0.717) is 6.73 Å². The zero-order valence-corrected chi connectivity index (χ0v) is 8.08. The van der Waals surface area contributed by atoms with Crippen molar-refractivity contribution in [1.82, 2.24) is 4.57 Å². The number of aromatic nitrogens is 2. The highest BCUT2D eigenvalue weighted by Gasteiger charge is 2.10. The molecule has 0 amide bonds. The van der Waals surface area contributed by atoms with Crippen LogP contribution in [0.5, 0.6) is 0 Å². The lowest BCUT2D eigenvalue weighted by molar-refractivity contribution is -0.678. The van der Waals surface area contributed by atoms with Gasteiger partial charge in [-0.25, -0.2) is 9.13 Å². The molecule has 3 nitrogen and oxygen atoms in total. The van der Waals surface area contributed by atoms with Gasteiger partial charge in [0.25, 0.3) is 5.82 Å². The smallest absolute Gasteiger partial charge is 0.257 e. The SMILES string of the molecule is CCOCn1cc[n+](C)c1CC. The Hall–Kier alpha value is -0.830. The fraction of sp³-hybridized carbons (Fsp3) is 0.667. The Morgan fingerprint density at radius 3 is 2.83 bits per heavy atom. The van der Waals surface area contributed by atoms with E-state index in [2.05, 4.69) is 35.5 Å². The van der Waals surface area contributed by atoms with E-state index in [9.17, 15) is 0 Å². The number of imidazole rings is 1. The highest BCUT2D eigenvalue weighted by molar-refractivity contribution is 4.81. The van der Waals surface area contributed by atoms with Crippen LogP contribution in [0, 0.1) is 0 Å². The van der Waals surface area contributed by atoms with E-state index in [4.69, 9.17) is 4.74 Å². The van der Waals surface area contributed by atoms with Gasteiger partial charge in [0, 0.05) is 13.0 Å². The quantitative estimate of drug-likeness (QED) is 0.612. The molecule has 0 saturated carbocycles. The van der Waals surface area contributed by atoms with E-state index in [1.807, 2.05) is 6.92 Å². The molecule has 1 heterocycles. The van der Waals surface area contributed by atoms with Crippen LogP contribution in [0.3, 0.4) is 0 Å². The maximum atomic E-state index is 5.32. The van der Waals surface area contributed by atoms with Crippen LogP contribution in [0.1, 0.15) is 19.7 Å². The van der Waals surface area contributed by atoms with Crippen molar-refractivity contribution in [3.05, 3.63) is 18.2 Å². The van der Waals surface area contributed by atoms with Gasteiger partial charge in [-0.15, -0.1) is 0 Å². The molecule has 0 aliphatic rings. The summed E-state index contributed by atoms with van der Waals surface area (Å²) in [6.45, 7) is 5.60. The summed E-state index contributed by atoms with van der Waals surface area (Å²) >= 11 is 0. The molecule has 3 heteroatoms. The summed E-state index contributed by atoms with van der Waals surface area (Å²) in [6, 6.07) is 0. The topological polar surface area (TPSA) is 18.0 Å². The lowest BCUT2D eigenvalue weighted by Crippen LogP contribution is -2.31. The lowest BCUT2D eigenvalue weighted by atomic mass is 10.4. The molecule has 0 bridgehead atoms. The number of hydrogen-bond acceptors (Lipinski definition) is 1. The second-order valence-electron chi connectivity index (χ2n) is 2.77. The second-order valence-corrected chi connectivity index (χ2v) is 2.77. The first-order valence-electron chi connectivity index (χ1n) is 4.41. The molecule has 0 N–H and O–H groups in total. The van der Waals surface area contributed by atoms with Gasteiger partial charge in [-0.05, 0) is 6.92 Å². The fourth-order valence-electron chi connectivity index (χ4n) is 1.31. The monoisotopic (exact) mass is 169 g/mol. The Labute approximate surface area is 73.6 Å². The van der Waals surface area contributed by atoms with Crippen molar-refractivity contribution >= 4 is 0 Å². The zero-order valence-electron chi connectivity index (χ0n) is 8.08. The Kier molecular flexibility index (Phi) is 3.29. The summed E-state index contributed by atoms with van der Waals surface area (Å²) in [5, 5.41) is 0. The second kappa shape index (κ2) is 4.26. The van der Waals surface area contributed by atoms with Crippen LogP contribution in [0.15, 0.2) is 12.4 Å². The Bertz CT molecular complexity index is 243. The molecule has 0 fully saturated rings. The van der Waals surface area contributed by atoms with Gasteiger partial charge in [0.1, 0.15) is 12.4 Å². The molecule has 0 aromatic carbocycles. The molecule has 0 atom stereocenters. The lowest BCUT2D eigenvalue weighted by Gasteiger charge is -1.99. The van der Waals surface area contributed by atoms with E-state index in [1.54, 1.807) is 0 Å². The van der Waals surface area contributed by atoms with Crippen molar-refractivity contribution in [2.45, 2.75) is 27.0 Å². The molecular weight excluding hydrogens is 152 g/mol. The Morgan fingerprint density at radius 2 is 2.25 bits per heavy atom. The average Bonchev–Trinajstić information content (AvgIpc) is 2.43. The standard InChI is InChI=1S/C9H17N2O/c1-4-9-10(3)6-7-11(9)8-12-5-2/h6-7H,4-5,8H2,1-3H3/q+1. The molecular formula is C9H17N2O+. The molecule has 68 valence electrons. The van der Waals surface area contributed by atoms with Gasteiger partial charge >= 0.3 is 0 Å². The Balaban J connectivity index is 2.70. The van der Waals surface area contributed by atoms with Gasteiger partial charge in [-0.1, -0.05) is 6.92 Å². The van der Waals surface area contributed by atoms with Crippen LogP contribution in [-0.2, 0) is 24.9 Å². The molecule has 1 aromatic heterocycles. The minimum absolute atomic E-state index is 0.667. The molecule has 1 aromatic rings. The van der Waals surface area contributed by atoms with Crippen LogP contribution in [0.4, 0.5) is 0 Å². The summed E-state index contributed by atoms with van der Waals surface area (Å²) in [5.41, 5.74) is 0. The molecule has 0 saturated heterocycles. The highest BCUT2D eigenvalue weighted by Crippen LogP contribution is 1.96. The van der Waals surface area contributed by atoms with Gasteiger partial charge < -0.3 is 4.74 Å². The number of nitrogens with zero attached hydrogens (tertiary/aromatic N) is 2. The third-order valence-electron chi connectivity index (χ3n) is 1.96. The summed E-state index contributed by atoms with van der Waals surface area (Å²) < 4.78 is 9.58. The summed E-state index contributed by atoms with van der Waals surface area (Å²) in [5.74, 6) is 1.29. The normalized spacial score (nSPS) is 10.6. The van der Waals surface area contributed by atoms with Crippen LogP contribution < -0.4 is 4.57 Å². The van der Waals surface area contributed by atoms with E-state index >= 15 is 0 Å². The van der Waals surface area contributed by atoms with Crippen molar-refractivity contribution in [3.63, 3.8) is 0 Å². The molecule has 12 heavy (non-hydrogen) atoms. The highest BCUT2D eigenvalue weighted by atomic mass is 16.5. The first kappa shape index (κ1) is 9.26. The summed E-state index contributed by atoms with van der Waals surface area (Å²) in [6.07, 6.45) is 5.14. The number of hydrogen-bond donors (Lipinski definition) is 0. The first-order valence-corrected chi connectivity index (χ1v) is 4.41. The fourth-order valence-corrected chi connectivity index (χ4v) is 1.31. The predicted molar refractivity (Wildman–Crippen MR) is 46.6 cm³/mol. The van der Waals surface area contributed by atoms with Crippen LogP contribution in [-0.4, -0.2) is 11.2 Å². The summed E-state index contributed by atoms with van der Waals surface area (Å²) in [7, 11) is 2.06. The van der Waals surface area contributed by atoms with E-state index in [0.717, 1.165) is 13.0 Å². The maximum Gasteiger partial charge on any atom is 0.257 e. The van der Waals surface area contributed by atoms with Crippen molar-refractivity contribution in [3.8, 4) is 0 Å².